The highest BCUT2D eigenvalue weighted by Gasteiger charge is 2.26. The van der Waals surface area contributed by atoms with E-state index in [-0.39, 0.29) is 0 Å². The zero-order chi connectivity index (χ0) is 12.5. The van der Waals surface area contributed by atoms with Crippen LogP contribution in [0.3, 0.4) is 0 Å². The molecule has 18 heavy (non-hydrogen) atoms. The number of hydrogen-bond acceptors (Lipinski definition) is 2. The number of nitrogens with zero attached hydrogens (tertiary/aromatic N) is 2. The maximum atomic E-state index is 4.93. The first-order valence-corrected chi connectivity index (χ1v) is 7.58. The molecule has 2 heterocycles. The highest BCUT2D eigenvalue weighted by atomic mass is 15.1. The van der Waals surface area contributed by atoms with E-state index in [0.29, 0.717) is 5.92 Å². The zero-order valence-electron chi connectivity index (χ0n) is 11.7. The first-order chi connectivity index (χ1) is 8.77. The molecule has 1 aliphatic heterocycles. The van der Waals surface area contributed by atoms with Gasteiger partial charge in [0.25, 0.3) is 0 Å². The molecule has 0 radical (unpaired) electrons. The Bertz CT molecular complexity index is 414. The molecule has 1 N–H and O–H groups in total. The summed E-state index contributed by atoms with van der Waals surface area (Å²) in [5.41, 5.74) is 2.85. The van der Waals surface area contributed by atoms with Gasteiger partial charge in [-0.2, -0.15) is 0 Å². The highest BCUT2D eigenvalue weighted by molar-refractivity contribution is 5.23. The molecule has 0 bridgehead atoms. The van der Waals surface area contributed by atoms with Crippen LogP contribution >= 0.6 is 0 Å². The van der Waals surface area contributed by atoms with Gasteiger partial charge in [-0.3, -0.25) is 0 Å². The average Bonchev–Trinajstić information content (AvgIpc) is 2.79. The van der Waals surface area contributed by atoms with Gasteiger partial charge in [-0.05, 0) is 12.8 Å². The van der Waals surface area contributed by atoms with Crippen molar-refractivity contribution in [2.45, 2.75) is 70.9 Å². The molecule has 100 valence electrons. The molecular formula is C15H25N3. The lowest BCUT2D eigenvalue weighted by atomic mass is 9.94. The normalized spacial score (nSPS) is 21.3. The lowest BCUT2D eigenvalue weighted by Gasteiger charge is -2.28. The minimum atomic E-state index is 0.539. The van der Waals surface area contributed by atoms with Crippen LogP contribution < -0.4 is 5.32 Å². The van der Waals surface area contributed by atoms with Crippen LogP contribution in [-0.2, 0) is 13.0 Å². The summed E-state index contributed by atoms with van der Waals surface area (Å²) in [4.78, 5) is 4.93. The van der Waals surface area contributed by atoms with Crippen LogP contribution in [-0.4, -0.2) is 16.1 Å². The molecule has 0 unspecified atom stereocenters. The second kappa shape index (κ2) is 5.04. The van der Waals surface area contributed by atoms with Crippen LogP contribution in [0, 0.1) is 0 Å². The molecule has 0 amide bonds. The minimum absolute atomic E-state index is 0.539. The molecule has 3 rings (SSSR count). The number of hydrogen-bond donors (Lipinski definition) is 1. The monoisotopic (exact) mass is 247 g/mol. The summed E-state index contributed by atoms with van der Waals surface area (Å²) in [6.07, 6.45) is 8.09. The summed E-state index contributed by atoms with van der Waals surface area (Å²) in [7, 11) is 0. The molecule has 3 heteroatoms. The maximum absolute atomic E-state index is 4.93. The molecule has 2 aliphatic rings. The number of aromatic nitrogens is 2. The first-order valence-electron chi connectivity index (χ1n) is 7.58. The van der Waals surface area contributed by atoms with Gasteiger partial charge in [0, 0.05) is 37.2 Å². The number of imidazole rings is 1. The number of rotatable bonds is 2. The molecule has 1 saturated carbocycles. The van der Waals surface area contributed by atoms with E-state index in [4.69, 9.17) is 4.98 Å². The van der Waals surface area contributed by atoms with Crippen molar-refractivity contribution in [3.8, 4) is 0 Å². The third kappa shape index (κ3) is 2.09. The summed E-state index contributed by atoms with van der Waals surface area (Å²) >= 11 is 0. The first kappa shape index (κ1) is 12.2. The van der Waals surface area contributed by atoms with E-state index in [9.17, 15) is 0 Å². The Morgan fingerprint density at radius 1 is 1.22 bits per heavy atom. The second-order valence-corrected chi connectivity index (χ2v) is 6.11. The fourth-order valence-corrected chi connectivity index (χ4v) is 3.51. The summed E-state index contributed by atoms with van der Waals surface area (Å²) in [6, 6.07) is 0.727. The van der Waals surface area contributed by atoms with Crippen molar-refractivity contribution in [2.24, 2.45) is 0 Å². The van der Waals surface area contributed by atoms with Crippen molar-refractivity contribution < 1.29 is 0 Å². The predicted molar refractivity (Wildman–Crippen MR) is 73.8 cm³/mol. The SMILES string of the molecule is CC(C)c1nc2c(n1C1CCCCC1)CCNC2. The van der Waals surface area contributed by atoms with E-state index in [2.05, 4.69) is 23.7 Å². The third-order valence-corrected chi connectivity index (χ3v) is 4.41. The summed E-state index contributed by atoms with van der Waals surface area (Å²) in [6.45, 7) is 6.64. The summed E-state index contributed by atoms with van der Waals surface area (Å²) in [5.74, 6) is 1.87. The fraction of sp³-hybridized carbons (Fsp3) is 0.800. The summed E-state index contributed by atoms with van der Waals surface area (Å²) in [5, 5.41) is 3.45. The topological polar surface area (TPSA) is 29.9 Å². The molecule has 0 aromatic carbocycles. The van der Waals surface area contributed by atoms with E-state index in [1.54, 1.807) is 0 Å². The van der Waals surface area contributed by atoms with Crippen molar-refractivity contribution in [2.75, 3.05) is 6.54 Å². The van der Waals surface area contributed by atoms with Crippen molar-refractivity contribution in [1.82, 2.24) is 14.9 Å². The van der Waals surface area contributed by atoms with E-state index in [1.807, 2.05) is 0 Å². The van der Waals surface area contributed by atoms with Gasteiger partial charge in [0.05, 0.1) is 5.69 Å². The Labute approximate surface area is 110 Å². The van der Waals surface area contributed by atoms with Crippen molar-refractivity contribution in [3.63, 3.8) is 0 Å². The van der Waals surface area contributed by atoms with Gasteiger partial charge in [-0.25, -0.2) is 4.98 Å². The molecule has 1 aliphatic carbocycles. The van der Waals surface area contributed by atoms with Gasteiger partial charge in [0.2, 0.25) is 0 Å². The lowest BCUT2D eigenvalue weighted by Crippen LogP contribution is -2.26. The standard InChI is InChI=1S/C15H25N3/c1-11(2)15-17-13-10-16-9-8-14(13)18(15)12-6-4-3-5-7-12/h11-12,16H,3-10H2,1-2H3. The zero-order valence-corrected chi connectivity index (χ0v) is 11.7. The third-order valence-electron chi connectivity index (χ3n) is 4.41. The summed E-state index contributed by atoms with van der Waals surface area (Å²) < 4.78 is 2.62. The maximum Gasteiger partial charge on any atom is 0.112 e. The van der Waals surface area contributed by atoms with Crippen LogP contribution in [0.15, 0.2) is 0 Å². The van der Waals surface area contributed by atoms with Crippen molar-refractivity contribution >= 4 is 0 Å². The predicted octanol–water partition coefficient (Wildman–Crippen LogP) is 3.16. The molecule has 0 saturated heterocycles. The quantitative estimate of drug-likeness (QED) is 0.870. The molecule has 0 atom stereocenters. The van der Waals surface area contributed by atoms with E-state index in [1.165, 1.54) is 49.3 Å². The van der Waals surface area contributed by atoms with Crippen LogP contribution in [0.2, 0.25) is 0 Å². The van der Waals surface area contributed by atoms with Crippen LogP contribution in [0.25, 0.3) is 0 Å². The van der Waals surface area contributed by atoms with Crippen molar-refractivity contribution in [3.05, 3.63) is 17.2 Å². The Balaban J connectivity index is 2.01. The largest absolute Gasteiger partial charge is 0.328 e. The van der Waals surface area contributed by atoms with Crippen LogP contribution in [0.1, 0.15) is 75.1 Å². The second-order valence-electron chi connectivity index (χ2n) is 6.11. The van der Waals surface area contributed by atoms with Gasteiger partial charge in [0.1, 0.15) is 5.82 Å². The number of nitrogens with one attached hydrogen (secondary N) is 1. The molecule has 0 spiro atoms. The Kier molecular flexibility index (Phi) is 3.42. The van der Waals surface area contributed by atoms with Gasteiger partial charge in [0.15, 0.2) is 0 Å². The molecular weight excluding hydrogens is 222 g/mol. The Morgan fingerprint density at radius 2 is 2.00 bits per heavy atom. The Morgan fingerprint density at radius 3 is 2.72 bits per heavy atom. The minimum Gasteiger partial charge on any atom is -0.328 e. The van der Waals surface area contributed by atoms with E-state index >= 15 is 0 Å². The average molecular weight is 247 g/mol. The van der Waals surface area contributed by atoms with Gasteiger partial charge >= 0.3 is 0 Å². The van der Waals surface area contributed by atoms with E-state index < -0.39 is 0 Å². The Hall–Kier alpha value is -0.830. The molecule has 1 aromatic heterocycles. The van der Waals surface area contributed by atoms with Crippen LogP contribution in [0.4, 0.5) is 0 Å². The molecule has 3 nitrogen and oxygen atoms in total. The van der Waals surface area contributed by atoms with E-state index in [0.717, 1.165) is 25.6 Å². The lowest BCUT2D eigenvalue weighted by molar-refractivity contribution is 0.334. The van der Waals surface area contributed by atoms with Gasteiger partial charge < -0.3 is 9.88 Å². The molecule has 1 aromatic rings. The smallest absolute Gasteiger partial charge is 0.112 e. The highest BCUT2D eigenvalue weighted by Crippen LogP contribution is 2.34. The van der Waals surface area contributed by atoms with Crippen LogP contribution in [0.5, 0.6) is 0 Å². The van der Waals surface area contributed by atoms with Gasteiger partial charge in [-0.15, -0.1) is 0 Å². The van der Waals surface area contributed by atoms with Gasteiger partial charge in [-0.1, -0.05) is 33.1 Å². The number of fused-ring (bicyclic) bond motifs is 1. The van der Waals surface area contributed by atoms with Crippen molar-refractivity contribution in [1.29, 1.82) is 0 Å². The molecule has 1 fully saturated rings. The fourth-order valence-electron chi connectivity index (χ4n) is 3.51.